The van der Waals surface area contributed by atoms with Crippen molar-refractivity contribution in [2.75, 3.05) is 0 Å². The van der Waals surface area contributed by atoms with E-state index < -0.39 is 0 Å². The molecule has 0 spiro atoms. The first-order chi connectivity index (χ1) is 29.0. The smallest absolute Gasteiger partial charge is 0.164 e. The maximum absolute atomic E-state index is 5.32. The average Bonchev–Trinajstić information content (AvgIpc) is 3.53. The number of hydrogen-bond acceptors (Lipinski definition) is 3. The first kappa shape index (κ1) is 33.6. The lowest BCUT2D eigenvalue weighted by molar-refractivity contribution is 0.660. The molecule has 3 nitrogen and oxygen atoms in total. The third kappa shape index (κ3) is 5.25. The SMILES string of the molecule is CC1(C)c2ccccc2-c2ccc(-c3cccc4c(-c5nc(-c6ccc7ccc8ccccc8c7c6)nc(-c6ccc7ccc8ccccc8c7c6)n5)cccc34)cc21. The molecule has 11 aromatic rings. The number of nitrogens with zero attached hydrogens (tertiary/aromatic N) is 3. The van der Waals surface area contributed by atoms with E-state index in [4.69, 9.17) is 15.0 Å². The topological polar surface area (TPSA) is 38.7 Å². The summed E-state index contributed by atoms with van der Waals surface area (Å²) in [4.78, 5) is 15.9. The van der Waals surface area contributed by atoms with Gasteiger partial charge in [-0.1, -0.05) is 184 Å². The van der Waals surface area contributed by atoms with Gasteiger partial charge in [-0.25, -0.2) is 15.0 Å². The van der Waals surface area contributed by atoms with Gasteiger partial charge in [-0.05, 0) is 105 Å². The van der Waals surface area contributed by atoms with Crippen LogP contribution in [0.25, 0.3) is 110 Å². The van der Waals surface area contributed by atoms with Crippen LogP contribution in [0.4, 0.5) is 0 Å². The highest BCUT2D eigenvalue weighted by atomic mass is 15.0. The first-order valence-electron chi connectivity index (χ1n) is 20.3. The fraction of sp³-hybridized carbons (Fsp3) is 0.0536. The van der Waals surface area contributed by atoms with Gasteiger partial charge in [0, 0.05) is 22.1 Å². The average molecular weight is 752 g/mol. The third-order valence-corrected chi connectivity index (χ3v) is 12.7. The number of fused-ring (bicyclic) bond motifs is 10. The molecule has 276 valence electrons. The molecule has 0 amide bonds. The maximum atomic E-state index is 5.32. The highest BCUT2D eigenvalue weighted by Crippen LogP contribution is 2.50. The summed E-state index contributed by atoms with van der Waals surface area (Å²) in [5.74, 6) is 1.94. The largest absolute Gasteiger partial charge is 0.208 e. The molecule has 1 heterocycles. The van der Waals surface area contributed by atoms with Crippen molar-refractivity contribution in [2.24, 2.45) is 0 Å². The number of aromatic nitrogens is 3. The van der Waals surface area contributed by atoms with Gasteiger partial charge in [-0.2, -0.15) is 0 Å². The predicted molar refractivity (Wildman–Crippen MR) is 247 cm³/mol. The Balaban J connectivity index is 1.06. The van der Waals surface area contributed by atoms with E-state index in [1.165, 1.54) is 76.5 Å². The summed E-state index contributed by atoms with van der Waals surface area (Å²) in [5, 5.41) is 11.8. The van der Waals surface area contributed by atoms with Crippen molar-refractivity contribution >= 4 is 53.9 Å². The minimum Gasteiger partial charge on any atom is -0.208 e. The van der Waals surface area contributed by atoms with Gasteiger partial charge < -0.3 is 0 Å². The monoisotopic (exact) mass is 751 g/mol. The summed E-state index contributed by atoms with van der Waals surface area (Å²) in [6.45, 7) is 4.68. The second-order valence-electron chi connectivity index (χ2n) is 16.4. The lowest BCUT2D eigenvalue weighted by Crippen LogP contribution is -2.14. The quantitative estimate of drug-likeness (QED) is 0.168. The molecule has 0 fully saturated rings. The minimum atomic E-state index is -0.0839. The Morgan fingerprint density at radius 1 is 0.288 bits per heavy atom. The molecule has 0 aliphatic heterocycles. The second kappa shape index (κ2) is 12.8. The molecule has 0 unspecified atom stereocenters. The predicted octanol–water partition coefficient (Wildman–Crippen LogP) is 14.6. The molecule has 12 rings (SSSR count). The van der Waals surface area contributed by atoms with E-state index in [9.17, 15) is 0 Å². The van der Waals surface area contributed by atoms with Crippen molar-refractivity contribution in [3.8, 4) is 56.4 Å². The molecule has 1 aliphatic rings. The van der Waals surface area contributed by atoms with Crippen LogP contribution < -0.4 is 0 Å². The van der Waals surface area contributed by atoms with Crippen LogP contribution in [-0.2, 0) is 5.41 Å². The van der Waals surface area contributed by atoms with E-state index in [-0.39, 0.29) is 5.41 Å². The molecule has 0 saturated carbocycles. The van der Waals surface area contributed by atoms with Gasteiger partial charge >= 0.3 is 0 Å². The van der Waals surface area contributed by atoms with E-state index in [1.807, 2.05) is 0 Å². The molecular weight excluding hydrogens is 715 g/mol. The molecule has 0 bridgehead atoms. The molecule has 1 aliphatic carbocycles. The van der Waals surface area contributed by atoms with Crippen molar-refractivity contribution in [2.45, 2.75) is 19.3 Å². The maximum Gasteiger partial charge on any atom is 0.164 e. The van der Waals surface area contributed by atoms with Crippen LogP contribution in [0.5, 0.6) is 0 Å². The summed E-state index contributed by atoms with van der Waals surface area (Å²) in [7, 11) is 0. The van der Waals surface area contributed by atoms with Crippen molar-refractivity contribution < 1.29 is 0 Å². The van der Waals surface area contributed by atoms with Crippen molar-refractivity contribution in [3.05, 3.63) is 199 Å². The van der Waals surface area contributed by atoms with E-state index in [0.717, 1.165) is 27.5 Å². The van der Waals surface area contributed by atoms with Gasteiger partial charge in [-0.15, -0.1) is 0 Å². The molecule has 0 atom stereocenters. The number of hydrogen-bond donors (Lipinski definition) is 0. The molecule has 59 heavy (non-hydrogen) atoms. The standard InChI is InChI=1S/C56H37N3/c1-56(2)51-20-8-7-15-46(51)47-30-29-38(33-52(47)56)43-16-9-18-45-44(43)17-10-19-48(45)55-58-53(39-27-25-36-23-21-34-11-3-5-13-41(34)49(36)31-39)57-54(59-55)40-28-26-37-24-22-35-12-4-6-14-42(35)50(37)32-40/h3-33H,1-2H3. The Hall–Kier alpha value is -7.49. The van der Waals surface area contributed by atoms with Crippen LogP contribution in [0.1, 0.15) is 25.0 Å². The summed E-state index contributed by atoms with van der Waals surface area (Å²) in [6, 6.07) is 68.0. The van der Waals surface area contributed by atoms with Crippen molar-refractivity contribution in [1.82, 2.24) is 15.0 Å². The van der Waals surface area contributed by atoms with E-state index in [2.05, 4.69) is 202 Å². The molecular formula is C56H37N3. The highest BCUT2D eigenvalue weighted by molar-refractivity contribution is 6.10. The summed E-state index contributed by atoms with van der Waals surface area (Å²) >= 11 is 0. The Morgan fingerprint density at radius 2 is 0.729 bits per heavy atom. The minimum absolute atomic E-state index is 0.0839. The normalized spacial score (nSPS) is 13.1. The van der Waals surface area contributed by atoms with Crippen molar-refractivity contribution in [1.29, 1.82) is 0 Å². The first-order valence-corrected chi connectivity index (χ1v) is 20.3. The fourth-order valence-corrected chi connectivity index (χ4v) is 9.67. The van der Waals surface area contributed by atoms with Crippen LogP contribution in [0.15, 0.2) is 188 Å². The van der Waals surface area contributed by atoms with Gasteiger partial charge in [0.1, 0.15) is 0 Å². The molecule has 0 N–H and O–H groups in total. The van der Waals surface area contributed by atoms with Gasteiger partial charge in [0.05, 0.1) is 0 Å². The van der Waals surface area contributed by atoms with Crippen molar-refractivity contribution in [3.63, 3.8) is 0 Å². The Labute approximate surface area is 342 Å². The summed E-state index contributed by atoms with van der Waals surface area (Å²) in [6.07, 6.45) is 0. The number of benzene rings is 10. The summed E-state index contributed by atoms with van der Waals surface area (Å²) in [5.41, 5.74) is 10.6. The zero-order valence-corrected chi connectivity index (χ0v) is 32.7. The molecule has 10 aromatic carbocycles. The Kier molecular flexibility index (Phi) is 7.27. The lowest BCUT2D eigenvalue weighted by atomic mass is 9.81. The molecule has 0 saturated heterocycles. The van der Waals surface area contributed by atoms with Gasteiger partial charge in [0.15, 0.2) is 17.5 Å². The van der Waals surface area contributed by atoms with Crippen LogP contribution in [0.3, 0.4) is 0 Å². The van der Waals surface area contributed by atoms with Crippen LogP contribution >= 0.6 is 0 Å². The van der Waals surface area contributed by atoms with E-state index in [1.54, 1.807) is 0 Å². The van der Waals surface area contributed by atoms with Gasteiger partial charge in [-0.3, -0.25) is 0 Å². The molecule has 3 heteroatoms. The molecule has 1 aromatic heterocycles. The number of rotatable bonds is 4. The lowest BCUT2D eigenvalue weighted by Gasteiger charge is -2.22. The second-order valence-corrected chi connectivity index (χ2v) is 16.4. The van der Waals surface area contributed by atoms with Crippen LogP contribution in [-0.4, -0.2) is 15.0 Å². The third-order valence-electron chi connectivity index (χ3n) is 12.7. The fourth-order valence-electron chi connectivity index (χ4n) is 9.67. The highest BCUT2D eigenvalue weighted by Gasteiger charge is 2.35. The zero-order valence-electron chi connectivity index (χ0n) is 32.7. The van der Waals surface area contributed by atoms with E-state index >= 15 is 0 Å². The zero-order chi connectivity index (χ0) is 39.2. The van der Waals surface area contributed by atoms with Gasteiger partial charge in [0.25, 0.3) is 0 Å². The van der Waals surface area contributed by atoms with Gasteiger partial charge in [0.2, 0.25) is 0 Å². The van der Waals surface area contributed by atoms with E-state index in [0.29, 0.717) is 17.5 Å². The molecule has 0 radical (unpaired) electrons. The summed E-state index contributed by atoms with van der Waals surface area (Å²) < 4.78 is 0. The van der Waals surface area contributed by atoms with Crippen LogP contribution in [0, 0.1) is 0 Å². The van der Waals surface area contributed by atoms with Crippen LogP contribution in [0.2, 0.25) is 0 Å². The Bertz CT molecular complexity index is 3410. The Morgan fingerprint density at radius 3 is 1.37 bits per heavy atom.